The van der Waals surface area contributed by atoms with Gasteiger partial charge in [0.1, 0.15) is 0 Å². The summed E-state index contributed by atoms with van der Waals surface area (Å²) in [4.78, 5) is 24.0. The third-order valence-corrected chi connectivity index (χ3v) is 3.61. The number of hydrogen-bond acceptors (Lipinski definition) is 4. The Morgan fingerprint density at radius 1 is 0.909 bits per heavy atom. The molecule has 0 amide bonds. The summed E-state index contributed by atoms with van der Waals surface area (Å²) < 4.78 is 10.0. The lowest BCUT2D eigenvalue weighted by Gasteiger charge is -2.15. The molecule has 0 aliphatic rings. The van der Waals surface area contributed by atoms with Gasteiger partial charge in [0, 0.05) is 0 Å². The lowest BCUT2D eigenvalue weighted by molar-refractivity contribution is -0.161. The number of aryl methyl sites for hydroxylation is 2. The fourth-order valence-electron chi connectivity index (χ4n) is 2.46. The van der Waals surface area contributed by atoms with E-state index >= 15 is 0 Å². The molecule has 1 aromatic rings. The van der Waals surface area contributed by atoms with Crippen molar-refractivity contribution in [2.75, 3.05) is 13.2 Å². The summed E-state index contributed by atoms with van der Waals surface area (Å²) in [7, 11) is 0. The van der Waals surface area contributed by atoms with Gasteiger partial charge in [-0.05, 0) is 49.8 Å². The maximum Gasteiger partial charge on any atom is 0.320 e. The molecule has 0 radical (unpaired) electrons. The van der Waals surface area contributed by atoms with Gasteiger partial charge in [0.2, 0.25) is 0 Å². The first-order valence-corrected chi connectivity index (χ1v) is 8.01. The number of ether oxygens (including phenoxy) is 2. The molecule has 0 aromatic heterocycles. The van der Waals surface area contributed by atoms with Gasteiger partial charge >= 0.3 is 11.9 Å². The second kappa shape index (κ2) is 9.23. The van der Waals surface area contributed by atoms with Crippen LogP contribution in [0.3, 0.4) is 0 Å². The first kappa shape index (κ1) is 18.2. The molecule has 0 saturated carbocycles. The second-order valence-electron chi connectivity index (χ2n) is 5.07. The molecular weight excluding hydrogens is 280 g/mol. The SMILES string of the molecule is CCOC(=O)C(Cc1ccc(CC)c(CC)c1)C(=O)OCC. The van der Waals surface area contributed by atoms with Crippen molar-refractivity contribution in [3.63, 3.8) is 0 Å². The lowest BCUT2D eigenvalue weighted by Crippen LogP contribution is -2.30. The molecule has 22 heavy (non-hydrogen) atoms. The van der Waals surface area contributed by atoms with E-state index in [0.29, 0.717) is 6.42 Å². The highest BCUT2D eigenvalue weighted by Gasteiger charge is 2.29. The van der Waals surface area contributed by atoms with E-state index in [2.05, 4.69) is 26.0 Å². The van der Waals surface area contributed by atoms with E-state index in [1.54, 1.807) is 13.8 Å². The predicted octanol–water partition coefficient (Wildman–Crippen LogP) is 3.10. The maximum atomic E-state index is 12.0. The predicted molar refractivity (Wildman–Crippen MR) is 85.7 cm³/mol. The average molecular weight is 306 g/mol. The van der Waals surface area contributed by atoms with Crippen LogP contribution in [0.25, 0.3) is 0 Å². The number of benzene rings is 1. The van der Waals surface area contributed by atoms with Crippen molar-refractivity contribution in [1.29, 1.82) is 0 Å². The Kier molecular flexibility index (Phi) is 7.64. The molecule has 0 aliphatic heterocycles. The van der Waals surface area contributed by atoms with E-state index in [1.165, 1.54) is 11.1 Å². The van der Waals surface area contributed by atoms with Crippen LogP contribution in [-0.4, -0.2) is 25.2 Å². The normalized spacial score (nSPS) is 10.6. The minimum absolute atomic E-state index is 0.254. The monoisotopic (exact) mass is 306 g/mol. The Morgan fingerprint density at radius 3 is 1.91 bits per heavy atom. The molecule has 0 atom stereocenters. The smallest absolute Gasteiger partial charge is 0.320 e. The fourth-order valence-corrected chi connectivity index (χ4v) is 2.46. The van der Waals surface area contributed by atoms with Crippen molar-refractivity contribution in [2.45, 2.75) is 47.0 Å². The van der Waals surface area contributed by atoms with Gasteiger partial charge in [-0.3, -0.25) is 9.59 Å². The van der Waals surface area contributed by atoms with Crippen molar-refractivity contribution in [1.82, 2.24) is 0 Å². The molecule has 0 saturated heterocycles. The third-order valence-electron chi connectivity index (χ3n) is 3.61. The fraction of sp³-hybridized carbons (Fsp3) is 0.556. The lowest BCUT2D eigenvalue weighted by atomic mass is 9.94. The van der Waals surface area contributed by atoms with Gasteiger partial charge < -0.3 is 9.47 Å². The molecule has 4 nitrogen and oxygen atoms in total. The Bertz CT molecular complexity index is 490. The van der Waals surface area contributed by atoms with Gasteiger partial charge in [0.25, 0.3) is 0 Å². The van der Waals surface area contributed by atoms with E-state index in [0.717, 1.165) is 18.4 Å². The van der Waals surface area contributed by atoms with E-state index < -0.39 is 17.9 Å². The Morgan fingerprint density at radius 2 is 1.45 bits per heavy atom. The van der Waals surface area contributed by atoms with Crippen LogP contribution in [0.2, 0.25) is 0 Å². The van der Waals surface area contributed by atoms with Crippen LogP contribution in [0, 0.1) is 5.92 Å². The molecule has 0 fully saturated rings. The zero-order valence-corrected chi connectivity index (χ0v) is 14.0. The topological polar surface area (TPSA) is 52.6 Å². The van der Waals surface area contributed by atoms with Crippen LogP contribution in [0.5, 0.6) is 0 Å². The summed E-state index contributed by atoms with van der Waals surface area (Å²) >= 11 is 0. The maximum absolute atomic E-state index is 12.0. The van der Waals surface area contributed by atoms with Gasteiger partial charge in [0.15, 0.2) is 5.92 Å². The molecule has 0 spiro atoms. The largest absolute Gasteiger partial charge is 0.465 e. The number of esters is 2. The van der Waals surface area contributed by atoms with Crippen LogP contribution in [0.15, 0.2) is 18.2 Å². The van der Waals surface area contributed by atoms with Crippen LogP contribution in [-0.2, 0) is 38.3 Å². The van der Waals surface area contributed by atoms with Crippen molar-refractivity contribution < 1.29 is 19.1 Å². The minimum atomic E-state index is -0.892. The highest BCUT2D eigenvalue weighted by atomic mass is 16.6. The second-order valence-corrected chi connectivity index (χ2v) is 5.07. The summed E-state index contributed by atoms with van der Waals surface area (Å²) in [6.45, 7) is 8.19. The molecule has 122 valence electrons. The highest BCUT2D eigenvalue weighted by Crippen LogP contribution is 2.18. The number of carbonyl (C=O) groups excluding carboxylic acids is 2. The molecular formula is C18H26O4. The van der Waals surface area contributed by atoms with E-state index in [4.69, 9.17) is 9.47 Å². The van der Waals surface area contributed by atoms with Crippen LogP contribution in [0.4, 0.5) is 0 Å². The third kappa shape index (κ3) is 4.86. The number of hydrogen-bond donors (Lipinski definition) is 0. The summed E-state index contributed by atoms with van der Waals surface area (Å²) in [5.74, 6) is -1.92. The molecule has 1 aromatic carbocycles. The van der Waals surface area contributed by atoms with Crippen molar-refractivity contribution in [3.05, 3.63) is 34.9 Å². The van der Waals surface area contributed by atoms with Crippen molar-refractivity contribution in [2.24, 2.45) is 5.92 Å². The average Bonchev–Trinajstić information content (AvgIpc) is 2.52. The van der Waals surface area contributed by atoms with E-state index in [1.807, 2.05) is 6.07 Å². The number of carbonyl (C=O) groups is 2. The summed E-state index contributed by atoms with van der Waals surface area (Å²) in [5.41, 5.74) is 3.52. The zero-order valence-electron chi connectivity index (χ0n) is 14.0. The van der Waals surface area contributed by atoms with Gasteiger partial charge in [-0.2, -0.15) is 0 Å². The molecule has 0 bridgehead atoms. The summed E-state index contributed by atoms with van der Waals surface area (Å²) in [5, 5.41) is 0. The summed E-state index contributed by atoms with van der Waals surface area (Å²) in [6, 6.07) is 6.12. The first-order chi connectivity index (χ1) is 10.6. The molecule has 0 N–H and O–H groups in total. The van der Waals surface area contributed by atoms with Gasteiger partial charge in [-0.15, -0.1) is 0 Å². The molecule has 0 heterocycles. The van der Waals surface area contributed by atoms with Crippen molar-refractivity contribution in [3.8, 4) is 0 Å². The zero-order chi connectivity index (χ0) is 16.5. The van der Waals surface area contributed by atoms with Crippen LogP contribution in [0.1, 0.15) is 44.4 Å². The Balaban J connectivity index is 2.98. The quantitative estimate of drug-likeness (QED) is 0.547. The molecule has 1 rings (SSSR count). The van der Waals surface area contributed by atoms with Crippen LogP contribution < -0.4 is 0 Å². The van der Waals surface area contributed by atoms with E-state index in [-0.39, 0.29) is 13.2 Å². The summed E-state index contributed by atoms with van der Waals surface area (Å²) in [6.07, 6.45) is 2.22. The van der Waals surface area contributed by atoms with Crippen molar-refractivity contribution >= 4 is 11.9 Å². The standard InChI is InChI=1S/C18H26O4/c1-5-14-10-9-13(11-15(14)6-2)12-16(17(19)21-7-3)18(20)22-8-4/h9-11,16H,5-8,12H2,1-4H3. The molecule has 0 unspecified atom stereocenters. The van der Waals surface area contributed by atoms with Crippen LogP contribution >= 0.6 is 0 Å². The molecule has 0 aliphatic carbocycles. The Labute approximate surface area is 132 Å². The minimum Gasteiger partial charge on any atom is -0.465 e. The first-order valence-electron chi connectivity index (χ1n) is 8.01. The molecule has 4 heteroatoms. The van der Waals surface area contributed by atoms with E-state index in [9.17, 15) is 9.59 Å². The van der Waals surface area contributed by atoms with Gasteiger partial charge in [-0.25, -0.2) is 0 Å². The highest BCUT2D eigenvalue weighted by molar-refractivity contribution is 5.95. The van der Waals surface area contributed by atoms with Gasteiger partial charge in [0.05, 0.1) is 13.2 Å². The van der Waals surface area contributed by atoms with Gasteiger partial charge in [-0.1, -0.05) is 32.0 Å². The number of rotatable bonds is 8. The Hall–Kier alpha value is -1.84.